The van der Waals surface area contributed by atoms with E-state index in [1.165, 1.54) is 11.3 Å². The van der Waals surface area contributed by atoms with Gasteiger partial charge in [0, 0.05) is 11.9 Å². The standard InChI is InChI=1S/C14H18N2O3S/c1-3-14(18,4-2)9-15-12(17)10-8-20-13(16-10)11-6-5-7-19-11/h5-8,18H,3-4,9H2,1-2H3,(H,15,17). The lowest BCUT2D eigenvalue weighted by atomic mass is 9.97. The first-order valence-electron chi connectivity index (χ1n) is 6.58. The molecule has 2 aromatic rings. The molecule has 0 saturated heterocycles. The molecule has 0 aliphatic heterocycles. The molecule has 0 aromatic carbocycles. The van der Waals surface area contributed by atoms with Crippen molar-refractivity contribution in [1.29, 1.82) is 0 Å². The van der Waals surface area contributed by atoms with Crippen LogP contribution in [0, 0.1) is 0 Å². The van der Waals surface area contributed by atoms with E-state index in [9.17, 15) is 9.90 Å². The minimum absolute atomic E-state index is 0.229. The van der Waals surface area contributed by atoms with Gasteiger partial charge in [0.25, 0.3) is 5.91 Å². The number of thiazole rings is 1. The Morgan fingerprint density at radius 1 is 1.50 bits per heavy atom. The van der Waals surface area contributed by atoms with Crippen LogP contribution in [0.1, 0.15) is 37.2 Å². The quantitative estimate of drug-likeness (QED) is 0.859. The molecular weight excluding hydrogens is 276 g/mol. The molecule has 5 nitrogen and oxygen atoms in total. The summed E-state index contributed by atoms with van der Waals surface area (Å²) in [5, 5.41) is 15.2. The van der Waals surface area contributed by atoms with E-state index in [1.807, 2.05) is 13.8 Å². The van der Waals surface area contributed by atoms with Crippen molar-refractivity contribution in [2.45, 2.75) is 32.3 Å². The number of aromatic nitrogens is 1. The van der Waals surface area contributed by atoms with Crippen LogP contribution in [0.25, 0.3) is 10.8 Å². The second-order valence-electron chi connectivity index (χ2n) is 4.63. The van der Waals surface area contributed by atoms with Crippen LogP contribution in [-0.4, -0.2) is 28.1 Å². The summed E-state index contributed by atoms with van der Waals surface area (Å²) in [6.45, 7) is 4.02. The van der Waals surface area contributed by atoms with Crippen molar-refractivity contribution in [3.05, 3.63) is 29.5 Å². The van der Waals surface area contributed by atoms with E-state index in [0.29, 0.717) is 29.3 Å². The first-order valence-corrected chi connectivity index (χ1v) is 7.46. The van der Waals surface area contributed by atoms with E-state index in [4.69, 9.17) is 4.42 Å². The molecule has 0 fully saturated rings. The van der Waals surface area contributed by atoms with E-state index < -0.39 is 5.60 Å². The van der Waals surface area contributed by atoms with Gasteiger partial charge in [0.2, 0.25) is 0 Å². The minimum Gasteiger partial charge on any atom is -0.462 e. The molecule has 0 radical (unpaired) electrons. The van der Waals surface area contributed by atoms with E-state index in [2.05, 4.69) is 10.3 Å². The third-order valence-electron chi connectivity index (χ3n) is 3.36. The number of carbonyl (C=O) groups is 1. The Hall–Kier alpha value is -1.66. The number of furan rings is 1. The zero-order valence-electron chi connectivity index (χ0n) is 11.5. The highest BCUT2D eigenvalue weighted by atomic mass is 32.1. The van der Waals surface area contributed by atoms with E-state index in [0.717, 1.165) is 0 Å². The summed E-state index contributed by atoms with van der Waals surface area (Å²) in [5.41, 5.74) is -0.508. The van der Waals surface area contributed by atoms with Crippen molar-refractivity contribution in [2.75, 3.05) is 6.54 Å². The van der Waals surface area contributed by atoms with Gasteiger partial charge in [-0.25, -0.2) is 4.98 Å². The number of nitrogens with one attached hydrogen (secondary N) is 1. The molecule has 2 heterocycles. The molecular formula is C14H18N2O3S. The van der Waals surface area contributed by atoms with Crippen molar-refractivity contribution in [2.24, 2.45) is 0 Å². The third-order valence-corrected chi connectivity index (χ3v) is 4.22. The first kappa shape index (κ1) is 14.7. The van der Waals surface area contributed by atoms with Crippen molar-refractivity contribution in [3.8, 4) is 10.8 Å². The van der Waals surface area contributed by atoms with Crippen LogP contribution in [0.5, 0.6) is 0 Å². The second-order valence-corrected chi connectivity index (χ2v) is 5.49. The molecule has 1 amide bonds. The van der Waals surface area contributed by atoms with Gasteiger partial charge in [-0.3, -0.25) is 4.79 Å². The molecule has 20 heavy (non-hydrogen) atoms. The van der Waals surface area contributed by atoms with E-state index >= 15 is 0 Å². The highest BCUT2D eigenvalue weighted by Crippen LogP contribution is 2.24. The summed E-state index contributed by atoms with van der Waals surface area (Å²) in [6.07, 6.45) is 2.76. The Morgan fingerprint density at radius 2 is 2.25 bits per heavy atom. The fourth-order valence-electron chi connectivity index (χ4n) is 1.73. The van der Waals surface area contributed by atoms with Crippen LogP contribution in [0.3, 0.4) is 0 Å². The lowest BCUT2D eigenvalue weighted by Crippen LogP contribution is -2.42. The fourth-order valence-corrected chi connectivity index (χ4v) is 2.49. The molecule has 0 spiro atoms. The highest BCUT2D eigenvalue weighted by molar-refractivity contribution is 7.13. The number of carbonyl (C=O) groups excluding carboxylic acids is 1. The van der Waals surface area contributed by atoms with Gasteiger partial charge in [-0.05, 0) is 25.0 Å². The Morgan fingerprint density at radius 3 is 2.85 bits per heavy atom. The smallest absolute Gasteiger partial charge is 0.270 e. The Balaban J connectivity index is 2.00. The van der Waals surface area contributed by atoms with Gasteiger partial charge < -0.3 is 14.8 Å². The summed E-state index contributed by atoms with van der Waals surface area (Å²) in [7, 11) is 0. The van der Waals surface area contributed by atoms with Crippen LogP contribution in [0.4, 0.5) is 0 Å². The number of aliphatic hydroxyl groups is 1. The maximum Gasteiger partial charge on any atom is 0.270 e. The molecule has 2 aromatic heterocycles. The lowest BCUT2D eigenvalue weighted by Gasteiger charge is -2.25. The number of rotatable bonds is 6. The van der Waals surface area contributed by atoms with E-state index in [1.54, 1.807) is 23.8 Å². The molecule has 0 atom stereocenters. The molecule has 2 N–H and O–H groups in total. The molecule has 108 valence electrons. The lowest BCUT2D eigenvalue weighted by molar-refractivity contribution is 0.0313. The number of nitrogens with zero attached hydrogens (tertiary/aromatic N) is 1. The topological polar surface area (TPSA) is 75.4 Å². The Kier molecular flexibility index (Phi) is 4.57. The summed E-state index contributed by atoms with van der Waals surface area (Å²) in [6, 6.07) is 3.58. The zero-order chi connectivity index (χ0) is 14.6. The summed E-state index contributed by atoms with van der Waals surface area (Å²) < 4.78 is 5.24. The predicted molar refractivity (Wildman–Crippen MR) is 77.7 cm³/mol. The predicted octanol–water partition coefficient (Wildman–Crippen LogP) is 2.68. The third kappa shape index (κ3) is 3.26. The van der Waals surface area contributed by atoms with Crippen LogP contribution in [-0.2, 0) is 0 Å². The Bertz CT molecular complexity index is 559. The normalized spacial score (nSPS) is 11.6. The summed E-state index contributed by atoms with van der Waals surface area (Å²) >= 11 is 1.35. The minimum atomic E-state index is -0.852. The summed E-state index contributed by atoms with van der Waals surface area (Å²) in [5.74, 6) is 0.368. The molecule has 0 unspecified atom stereocenters. The molecule has 0 saturated carbocycles. The SMILES string of the molecule is CCC(O)(CC)CNC(=O)c1csc(-c2ccco2)n1. The van der Waals surface area contributed by atoms with Gasteiger partial charge >= 0.3 is 0 Å². The number of hydrogen-bond acceptors (Lipinski definition) is 5. The van der Waals surface area contributed by atoms with Crippen molar-refractivity contribution in [3.63, 3.8) is 0 Å². The van der Waals surface area contributed by atoms with Gasteiger partial charge in [0.05, 0.1) is 11.9 Å². The van der Waals surface area contributed by atoms with Crippen LogP contribution in [0.15, 0.2) is 28.2 Å². The second kappa shape index (κ2) is 6.19. The molecule has 2 rings (SSSR count). The van der Waals surface area contributed by atoms with Crippen molar-refractivity contribution in [1.82, 2.24) is 10.3 Å². The molecule has 0 aliphatic rings. The average molecular weight is 294 g/mol. The van der Waals surface area contributed by atoms with Gasteiger partial charge in [0.1, 0.15) is 5.69 Å². The highest BCUT2D eigenvalue weighted by Gasteiger charge is 2.23. The first-order chi connectivity index (χ1) is 9.58. The number of hydrogen-bond donors (Lipinski definition) is 2. The van der Waals surface area contributed by atoms with Gasteiger partial charge in [-0.1, -0.05) is 13.8 Å². The van der Waals surface area contributed by atoms with Gasteiger partial charge in [-0.15, -0.1) is 11.3 Å². The molecule has 0 bridgehead atoms. The monoisotopic (exact) mass is 294 g/mol. The van der Waals surface area contributed by atoms with E-state index in [-0.39, 0.29) is 12.5 Å². The van der Waals surface area contributed by atoms with Gasteiger partial charge in [0.15, 0.2) is 10.8 Å². The van der Waals surface area contributed by atoms with Crippen LogP contribution in [0.2, 0.25) is 0 Å². The largest absolute Gasteiger partial charge is 0.462 e. The maximum atomic E-state index is 12.0. The fraction of sp³-hybridized carbons (Fsp3) is 0.429. The number of amides is 1. The summed E-state index contributed by atoms with van der Waals surface area (Å²) in [4.78, 5) is 16.2. The Labute approximate surface area is 121 Å². The van der Waals surface area contributed by atoms with Gasteiger partial charge in [-0.2, -0.15) is 0 Å². The van der Waals surface area contributed by atoms with Crippen molar-refractivity contribution < 1.29 is 14.3 Å². The average Bonchev–Trinajstić information content (AvgIpc) is 3.14. The van der Waals surface area contributed by atoms with Crippen molar-refractivity contribution >= 4 is 17.2 Å². The maximum absolute atomic E-state index is 12.0. The van der Waals surface area contributed by atoms with Crippen LogP contribution >= 0.6 is 11.3 Å². The molecule has 6 heteroatoms. The zero-order valence-corrected chi connectivity index (χ0v) is 12.4. The van der Waals surface area contributed by atoms with Crippen LogP contribution < -0.4 is 5.32 Å². The molecule has 0 aliphatic carbocycles.